The molecule has 0 heterocycles. The summed E-state index contributed by atoms with van der Waals surface area (Å²) in [6.45, 7) is 2.26. The van der Waals surface area contributed by atoms with E-state index in [-0.39, 0.29) is 0 Å². The van der Waals surface area contributed by atoms with E-state index in [0.717, 1.165) is 12.8 Å². The summed E-state index contributed by atoms with van der Waals surface area (Å²) in [7, 11) is 0. The standard InChI is InChI=1S/C16H28O/c1-2-3-4-5-6-7-8-9-10-11-12-13-14-15-16-17/h12-13,15H,2-11,14H2,1H3/b13-12+. The van der Waals surface area contributed by atoms with E-state index < -0.39 is 0 Å². The van der Waals surface area contributed by atoms with Crippen molar-refractivity contribution in [2.75, 3.05) is 0 Å². The van der Waals surface area contributed by atoms with Crippen LogP contribution in [0.15, 0.2) is 18.2 Å². The minimum atomic E-state index is 0.737. The van der Waals surface area contributed by atoms with E-state index in [4.69, 9.17) is 0 Å². The third-order valence-electron chi connectivity index (χ3n) is 2.98. The molecule has 0 amide bonds. The summed E-state index contributed by atoms with van der Waals surface area (Å²) in [5.74, 6) is 1.78. The van der Waals surface area contributed by atoms with Gasteiger partial charge in [-0.05, 0) is 19.3 Å². The molecule has 0 aromatic carbocycles. The van der Waals surface area contributed by atoms with Gasteiger partial charge in [-0.2, -0.15) is 0 Å². The van der Waals surface area contributed by atoms with Gasteiger partial charge in [0.25, 0.3) is 0 Å². The van der Waals surface area contributed by atoms with Crippen molar-refractivity contribution in [3.63, 3.8) is 0 Å². The molecule has 0 atom stereocenters. The van der Waals surface area contributed by atoms with Gasteiger partial charge in [-0.15, -0.1) is 0 Å². The van der Waals surface area contributed by atoms with Gasteiger partial charge >= 0.3 is 0 Å². The predicted molar refractivity (Wildman–Crippen MR) is 75.9 cm³/mol. The second-order valence-corrected chi connectivity index (χ2v) is 4.65. The van der Waals surface area contributed by atoms with Crippen molar-refractivity contribution in [2.45, 2.75) is 77.6 Å². The zero-order valence-corrected chi connectivity index (χ0v) is 11.4. The zero-order chi connectivity index (χ0) is 12.6. The third-order valence-corrected chi connectivity index (χ3v) is 2.98. The monoisotopic (exact) mass is 236 g/mol. The highest BCUT2D eigenvalue weighted by atomic mass is 16.1. The van der Waals surface area contributed by atoms with Gasteiger partial charge in [0.05, 0.1) is 0 Å². The van der Waals surface area contributed by atoms with Crippen LogP contribution < -0.4 is 0 Å². The predicted octanol–water partition coefficient (Wildman–Crippen LogP) is 5.24. The number of carbonyl (C=O) groups excluding carboxylic acids is 1. The molecule has 0 rings (SSSR count). The summed E-state index contributed by atoms with van der Waals surface area (Å²) in [4.78, 5) is 9.89. The number of hydrogen-bond acceptors (Lipinski definition) is 1. The molecule has 0 N–H and O–H groups in total. The molecule has 0 unspecified atom stereocenters. The molecular formula is C16H28O. The average molecular weight is 236 g/mol. The lowest BCUT2D eigenvalue weighted by molar-refractivity contribution is 0.566. The molecule has 0 aliphatic rings. The Balaban J connectivity index is 3.03. The molecule has 1 nitrogen and oxygen atoms in total. The highest BCUT2D eigenvalue weighted by molar-refractivity contribution is 5.45. The number of rotatable bonds is 12. The quantitative estimate of drug-likeness (QED) is 0.257. The van der Waals surface area contributed by atoms with Crippen molar-refractivity contribution in [1.29, 1.82) is 0 Å². The average Bonchev–Trinajstić information content (AvgIpc) is 2.35. The van der Waals surface area contributed by atoms with Gasteiger partial charge in [0.1, 0.15) is 5.94 Å². The van der Waals surface area contributed by atoms with Gasteiger partial charge in [-0.25, -0.2) is 4.79 Å². The van der Waals surface area contributed by atoms with Crippen LogP contribution in [0.4, 0.5) is 0 Å². The normalized spacial score (nSPS) is 10.6. The van der Waals surface area contributed by atoms with Crippen molar-refractivity contribution >= 4 is 5.94 Å². The second kappa shape index (κ2) is 15.2. The van der Waals surface area contributed by atoms with Crippen LogP contribution >= 0.6 is 0 Å². The first-order valence-corrected chi connectivity index (χ1v) is 7.26. The Bertz CT molecular complexity index is 212. The molecule has 0 aromatic rings. The van der Waals surface area contributed by atoms with Crippen molar-refractivity contribution in [1.82, 2.24) is 0 Å². The van der Waals surface area contributed by atoms with Gasteiger partial charge in [-0.3, -0.25) is 0 Å². The fourth-order valence-corrected chi connectivity index (χ4v) is 1.90. The Morgan fingerprint density at radius 1 is 0.824 bits per heavy atom. The molecule has 0 aliphatic carbocycles. The minimum Gasteiger partial charge on any atom is -0.234 e. The van der Waals surface area contributed by atoms with Crippen LogP contribution in [0.25, 0.3) is 0 Å². The van der Waals surface area contributed by atoms with Crippen molar-refractivity contribution in [3.8, 4) is 0 Å². The molecule has 0 aliphatic heterocycles. The first kappa shape index (κ1) is 16.2. The number of hydrogen-bond donors (Lipinski definition) is 0. The largest absolute Gasteiger partial charge is 0.234 e. The SMILES string of the molecule is CCCCCCCCCCC/C=C/CC=C=O. The molecule has 0 bridgehead atoms. The Morgan fingerprint density at radius 3 is 2.00 bits per heavy atom. The van der Waals surface area contributed by atoms with E-state index in [2.05, 4.69) is 19.1 Å². The molecule has 0 fully saturated rings. The van der Waals surface area contributed by atoms with Crippen LogP contribution in [0.5, 0.6) is 0 Å². The summed E-state index contributed by atoms with van der Waals surface area (Å²) in [6, 6.07) is 0. The Morgan fingerprint density at radius 2 is 1.41 bits per heavy atom. The number of allylic oxidation sites excluding steroid dienone is 3. The fraction of sp³-hybridized carbons (Fsp3) is 0.750. The second-order valence-electron chi connectivity index (χ2n) is 4.65. The molecule has 0 saturated heterocycles. The summed E-state index contributed by atoms with van der Waals surface area (Å²) >= 11 is 0. The first-order valence-electron chi connectivity index (χ1n) is 7.26. The van der Waals surface area contributed by atoms with E-state index in [1.807, 2.05) is 0 Å². The van der Waals surface area contributed by atoms with Crippen molar-refractivity contribution in [2.24, 2.45) is 0 Å². The van der Waals surface area contributed by atoms with Crippen LogP contribution in [0.3, 0.4) is 0 Å². The maximum absolute atomic E-state index is 9.89. The highest BCUT2D eigenvalue weighted by Gasteiger charge is 1.90. The first-order chi connectivity index (χ1) is 8.41. The zero-order valence-electron chi connectivity index (χ0n) is 11.4. The molecule has 0 aromatic heterocycles. The molecule has 1 heteroatoms. The summed E-state index contributed by atoms with van der Waals surface area (Å²) in [5, 5.41) is 0. The van der Waals surface area contributed by atoms with E-state index in [1.165, 1.54) is 63.9 Å². The van der Waals surface area contributed by atoms with Gasteiger partial charge in [0.2, 0.25) is 0 Å². The topological polar surface area (TPSA) is 17.1 Å². The Hall–Kier alpha value is -0.810. The van der Waals surface area contributed by atoms with Crippen LogP contribution in [-0.4, -0.2) is 5.94 Å². The molecule has 0 radical (unpaired) electrons. The van der Waals surface area contributed by atoms with Crippen LogP contribution in [0.1, 0.15) is 77.6 Å². The molecule has 0 spiro atoms. The van der Waals surface area contributed by atoms with Crippen LogP contribution in [0.2, 0.25) is 0 Å². The fourth-order valence-electron chi connectivity index (χ4n) is 1.90. The third kappa shape index (κ3) is 15.2. The summed E-state index contributed by atoms with van der Waals surface area (Å²) < 4.78 is 0. The summed E-state index contributed by atoms with van der Waals surface area (Å²) in [6.07, 6.45) is 20.1. The lowest BCUT2D eigenvalue weighted by Crippen LogP contribution is -1.80. The maximum atomic E-state index is 9.89. The van der Waals surface area contributed by atoms with E-state index in [9.17, 15) is 4.79 Å². The van der Waals surface area contributed by atoms with Gasteiger partial charge in [-0.1, -0.05) is 70.4 Å². The van der Waals surface area contributed by atoms with E-state index in [1.54, 1.807) is 5.94 Å². The smallest absolute Gasteiger partial charge is 0.120 e. The Kier molecular flexibility index (Phi) is 14.5. The molecule has 0 saturated carbocycles. The molecule has 98 valence electrons. The van der Waals surface area contributed by atoms with Crippen LogP contribution in [0, 0.1) is 0 Å². The highest BCUT2D eigenvalue weighted by Crippen LogP contribution is 2.10. The van der Waals surface area contributed by atoms with Gasteiger partial charge < -0.3 is 0 Å². The van der Waals surface area contributed by atoms with E-state index >= 15 is 0 Å². The van der Waals surface area contributed by atoms with E-state index in [0.29, 0.717) is 0 Å². The van der Waals surface area contributed by atoms with Crippen molar-refractivity contribution in [3.05, 3.63) is 18.2 Å². The van der Waals surface area contributed by atoms with Gasteiger partial charge in [0.15, 0.2) is 0 Å². The Labute approximate surface area is 107 Å². The van der Waals surface area contributed by atoms with Crippen LogP contribution in [-0.2, 0) is 4.79 Å². The lowest BCUT2D eigenvalue weighted by Gasteiger charge is -2.00. The molecular weight excluding hydrogens is 208 g/mol. The summed E-state index contributed by atoms with van der Waals surface area (Å²) in [5.41, 5.74) is 0. The van der Waals surface area contributed by atoms with Gasteiger partial charge in [0, 0.05) is 6.08 Å². The number of unbranched alkanes of at least 4 members (excludes halogenated alkanes) is 9. The maximum Gasteiger partial charge on any atom is 0.120 e. The minimum absolute atomic E-state index is 0.737. The molecule has 17 heavy (non-hydrogen) atoms. The lowest BCUT2D eigenvalue weighted by atomic mass is 10.1. The van der Waals surface area contributed by atoms with Crippen molar-refractivity contribution < 1.29 is 4.79 Å².